The van der Waals surface area contributed by atoms with Gasteiger partial charge in [-0.1, -0.05) is 18.2 Å². The van der Waals surface area contributed by atoms with E-state index in [1.54, 1.807) is 6.20 Å². The number of rotatable bonds is 6. The Bertz CT molecular complexity index is 1030. The number of aromatic nitrogens is 6. The minimum absolute atomic E-state index is 0.559. The first-order chi connectivity index (χ1) is 12.9. The summed E-state index contributed by atoms with van der Waals surface area (Å²) in [6.07, 6.45) is 11.0. The normalized spacial score (nSPS) is 14.0. The highest BCUT2D eigenvalue weighted by molar-refractivity contribution is 5.62. The first-order valence-corrected chi connectivity index (χ1v) is 8.91. The van der Waals surface area contributed by atoms with Crippen LogP contribution < -0.4 is 5.32 Å². The van der Waals surface area contributed by atoms with Gasteiger partial charge in [-0.3, -0.25) is 4.40 Å². The van der Waals surface area contributed by atoms with E-state index in [4.69, 9.17) is 0 Å². The second-order valence-corrected chi connectivity index (χ2v) is 6.61. The van der Waals surface area contributed by atoms with E-state index in [0.29, 0.717) is 5.92 Å². The summed E-state index contributed by atoms with van der Waals surface area (Å²) in [5.41, 5.74) is 3.04. The monoisotopic (exact) mass is 345 g/mol. The van der Waals surface area contributed by atoms with E-state index < -0.39 is 0 Å². The molecule has 0 spiro atoms. The number of hydrogen-bond acceptors (Lipinski definition) is 5. The molecule has 3 heterocycles. The molecule has 130 valence electrons. The fraction of sp³-hybridized carbons (Fsp3) is 0.263. The summed E-state index contributed by atoms with van der Waals surface area (Å²) in [6.45, 7) is 0.763. The van der Waals surface area contributed by atoms with Crippen LogP contribution in [0, 0.1) is 0 Å². The summed E-state index contributed by atoms with van der Waals surface area (Å²) in [5, 5.41) is 16.5. The van der Waals surface area contributed by atoms with Crippen LogP contribution in [0.15, 0.2) is 55.1 Å². The Morgan fingerprint density at radius 2 is 2.00 bits per heavy atom. The predicted molar refractivity (Wildman–Crippen MR) is 98.5 cm³/mol. The van der Waals surface area contributed by atoms with Gasteiger partial charge in [-0.25, -0.2) is 9.67 Å². The fourth-order valence-electron chi connectivity index (χ4n) is 3.13. The van der Waals surface area contributed by atoms with Crippen molar-refractivity contribution in [2.75, 3.05) is 11.9 Å². The first kappa shape index (κ1) is 15.1. The van der Waals surface area contributed by atoms with Gasteiger partial charge in [0.25, 0.3) is 0 Å². The largest absolute Gasteiger partial charge is 0.367 e. The average molecular weight is 345 g/mol. The van der Waals surface area contributed by atoms with Gasteiger partial charge in [-0.2, -0.15) is 5.10 Å². The van der Waals surface area contributed by atoms with Crippen molar-refractivity contribution in [3.8, 4) is 5.69 Å². The van der Waals surface area contributed by atoms with E-state index in [9.17, 15) is 0 Å². The molecule has 0 saturated heterocycles. The third-order valence-corrected chi connectivity index (χ3v) is 4.66. The zero-order valence-electron chi connectivity index (χ0n) is 14.3. The molecule has 1 aliphatic rings. The van der Waals surface area contributed by atoms with Crippen LogP contribution in [0.1, 0.15) is 30.1 Å². The van der Waals surface area contributed by atoms with Crippen molar-refractivity contribution < 1.29 is 0 Å². The van der Waals surface area contributed by atoms with Crippen LogP contribution in [0.2, 0.25) is 0 Å². The van der Waals surface area contributed by atoms with Crippen molar-refractivity contribution in [2.45, 2.75) is 25.2 Å². The van der Waals surface area contributed by atoms with E-state index in [1.807, 2.05) is 47.4 Å². The van der Waals surface area contributed by atoms with Crippen LogP contribution in [-0.2, 0) is 6.42 Å². The van der Waals surface area contributed by atoms with Gasteiger partial charge < -0.3 is 5.32 Å². The van der Waals surface area contributed by atoms with Crippen LogP contribution in [0.4, 0.5) is 5.82 Å². The average Bonchev–Trinajstić information content (AvgIpc) is 3.25. The Morgan fingerprint density at radius 3 is 2.85 bits per heavy atom. The van der Waals surface area contributed by atoms with Gasteiger partial charge >= 0.3 is 0 Å². The van der Waals surface area contributed by atoms with Crippen molar-refractivity contribution >= 4 is 11.5 Å². The van der Waals surface area contributed by atoms with Crippen molar-refractivity contribution in [1.29, 1.82) is 0 Å². The van der Waals surface area contributed by atoms with E-state index in [2.05, 4.69) is 36.2 Å². The molecule has 0 atom stereocenters. The molecule has 4 aromatic rings. The smallest absolute Gasteiger partial charge is 0.203 e. The molecule has 5 rings (SSSR count). The van der Waals surface area contributed by atoms with Crippen molar-refractivity contribution in [3.63, 3.8) is 0 Å². The minimum atomic E-state index is 0.559. The number of hydrogen-bond donors (Lipinski definition) is 1. The van der Waals surface area contributed by atoms with E-state index in [1.165, 1.54) is 18.4 Å². The lowest BCUT2D eigenvalue weighted by Gasteiger charge is -2.06. The van der Waals surface area contributed by atoms with E-state index in [0.717, 1.165) is 35.9 Å². The maximum absolute atomic E-state index is 4.44. The predicted octanol–water partition coefficient (Wildman–Crippen LogP) is 2.84. The molecule has 1 saturated carbocycles. The molecule has 1 aliphatic carbocycles. The topological polar surface area (TPSA) is 72.9 Å². The molecule has 7 heteroatoms. The van der Waals surface area contributed by atoms with Gasteiger partial charge in [0.1, 0.15) is 5.82 Å². The van der Waals surface area contributed by atoms with Crippen LogP contribution in [-0.4, -0.2) is 35.9 Å². The Labute approximate surface area is 150 Å². The zero-order valence-corrected chi connectivity index (χ0v) is 14.3. The Hall–Kier alpha value is -3.22. The number of para-hydroxylation sites is 1. The third-order valence-electron chi connectivity index (χ3n) is 4.66. The van der Waals surface area contributed by atoms with Crippen LogP contribution in [0.25, 0.3) is 11.3 Å². The standard InChI is InChI=1S/C19H19N7/c1-2-4-16(5-3-1)26-13-14(12-22-26)8-9-20-17-19-24-23-18(15-6-7-15)25(19)11-10-21-17/h1-5,10-13,15H,6-9H2,(H,20,21). The van der Waals surface area contributed by atoms with Gasteiger partial charge in [0.05, 0.1) is 11.9 Å². The van der Waals surface area contributed by atoms with E-state index >= 15 is 0 Å². The van der Waals surface area contributed by atoms with Gasteiger partial charge in [0.2, 0.25) is 5.65 Å². The highest BCUT2D eigenvalue weighted by Crippen LogP contribution is 2.39. The van der Waals surface area contributed by atoms with E-state index in [-0.39, 0.29) is 0 Å². The summed E-state index contributed by atoms with van der Waals surface area (Å²) in [5.74, 6) is 2.39. The molecule has 0 aliphatic heterocycles. The lowest BCUT2D eigenvalue weighted by Crippen LogP contribution is -2.08. The molecule has 7 nitrogen and oxygen atoms in total. The van der Waals surface area contributed by atoms with Gasteiger partial charge in [0, 0.05) is 31.1 Å². The third kappa shape index (κ3) is 2.81. The number of anilines is 1. The van der Waals surface area contributed by atoms with Gasteiger partial charge in [0.15, 0.2) is 5.82 Å². The quantitative estimate of drug-likeness (QED) is 0.582. The van der Waals surface area contributed by atoms with Crippen molar-refractivity contribution in [1.82, 2.24) is 29.4 Å². The number of fused-ring (bicyclic) bond motifs is 1. The van der Waals surface area contributed by atoms with Crippen molar-refractivity contribution in [2.24, 2.45) is 0 Å². The lowest BCUT2D eigenvalue weighted by atomic mass is 10.2. The summed E-state index contributed by atoms with van der Waals surface area (Å²) in [6, 6.07) is 10.1. The molecule has 1 aromatic carbocycles. The molecular weight excluding hydrogens is 326 g/mol. The van der Waals surface area contributed by atoms with Gasteiger partial charge in [-0.15, -0.1) is 10.2 Å². The Morgan fingerprint density at radius 1 is 1.12 bits per heavy atom. The summed E-state index contributed by atoms with van der Waals surface area (Å²) >= 11 is 0. The molecule has 0 unspecified atom stereocenters. The highest BCUT2D eigenvalue weighted by atomic mass is 15.3. The Kier molecular flexibility index (Phi) is 3.62. The molecule has 0 radical (unpaired) electrons. The minimum Gasteiger partial charge on any atom is -0.367 e. The Balaban J connectivity index is 1.27. The molecule has 1 N–H and O–H groups in total. The zero-order chi connectivity index (χ0) is 17.3. The first-order valence-electron chi connectivity index (χ1n) is 8.91. The summed E-state index contributed by atoms with van der Waals surface area (Å²) in [4.78, 5) is 4.43. The van der Waals surface area contributed by atoms with Crippen molar-refractivity contribution in [3.05, 3.63) is 66.5 Å². The molecule has 0 amide bonds. The van der Waals surface area contributed by atoms with Crippen LogP contribution in [0.5, 0.6) is 0 Å². The number of benzene rings is 1. The van der Waals surface area contributed by atoms with Crippen LogP contribution >= 0.6 is 0 Å². The molecular formula is C19H19N7. The molecule has 3 aromatic heterocycles. The maximum atomic E-state index is 4.44. The fourth-order valence-corrected chi connectivity index (χ4v) is 3.13. The molecule has 0 bridgehead atoms. The van der Waals surface area contributed by atoms with Gasteiger partial charge in [-0.05, 0) is 37.0 Å². The second-order valence-electron chi connectivity index (χ2n) is 6.61. The SMILES string of the molecule is c1ccc(-n2cc(CCNc3nccn4c(C5CC5)nnc34)cn2)cc1. The maximum Gasteiger partial charge on any atom is 0.203 e. The van der Waals surface area contributed by atoms with Crippen LogP contribution in [0.3, 0.4) is 0 Å². The summed E-state index contributed by atoms with van der Waals surface area (Å²) in [7, 11) is 0. The molecule has 26 heavy (non-hydrogen) atoms. The number of nitrogens with one attached hydrogen (secondary N) is 1. The molecule has 1 fully saturated rings. The summed E-state index contributed by atoms with van der Waals surface area (Å²) < 4.78 is 3.95. The second kappa shape index (κ2) is 6.25. The highest BCUT2D eigenvalue weighted by Gasteiger charge is 2.29. The number of nitrogens with zero attached hydrogens (tertiary/aromatic N) is 6. The lowest BCUT2D eigenvalue weighted by molar-refractivity contribution is 0.879.